The van der Waals surface area contributed by atoms with E-state index in [-0.39, 0.29) is 6.10 Å². The number of pyridine rings is 1. The average molecular weight is 343 g/mol. The number of terminal acetylenes is 1. The van der Waals surface area contributed by atoms with Crippen molar-refractivity contribution >= 4 is 0 Å². The summed E-state index contributed by atoms with van der Waals surface area (Å²) in [5.41, 5.74) is 3.76. The van der Waals surface area contributed by atoms with E-state index in [0.717, 1.165) is 28.0 Å². The number of hydrogen-bond acceptors (Lipinski definition) is 3. The molecule has 3 nitrogen and oxygen atoms in total. The van der Waals surface area contributed by atoms with E-state index in [2.05, 4.69) is 10.9 Å². The zero-order valence-electron chi connectivity index (χ0n) is 15.0. The second kappa shape index (κ2) is 8.22. The third-order valence-corrected chi connectivity index (χ3v) is 3.80. The molecule has 0 saturated heterocycles. The average Bonchev–Trinajstić information content (AvgIpc) is 2.67. The maximum absolute atomic E-state index is 5.77. The van der Waals surface area contributed by atoms with Crippen molar-refractivity contribution in [1.29, 1.82) is 0 Å². The van der Waals surface area contributed by atoms with Crippen LogP contribution in [0.4, 0.5) is 0 Å². The summed E-state index contributed by atoms with van der Waals surface area (Å²) < 4.78 is 11.5. The molecule has 0 N–H and O–H groups in total. The maximum atomic E-state index is 5.77. The molecule has 0 amide bonds. The first-order chi connectivity index (χ1) is 12.7. The molecule has 0 aliphatic heterocycles. The number of aromatic nitrogens is 1. The Balaban J connectivity index is 1.78. The van der Waals surface area contributed by atoms with Gasteiger partial charge in [-0.2, -0.15) is 0 Å². The highest BCUT2D eigenvalue weighted by molar-refractivity contribution is 5.72. The summed E-state index contributed by atoms with van der Waals surface area (Å²) in [5, 5.41) is 0. The van der Waals surface area contributed by atoms with Crippen LogP contribution in [0.3, 0.4) is 0 Å². The minimum atomic E-state index is 0.103. The van der Waals surface area contributed by atoms with Crippen molar-refractivity contribution in [3.8, 4) is 35.1 Å². The van der Waals surface area contributed by atoms with E-state index in [1.54, 1.807) is 6.20 Å². The van der Waals surface area contributed by atoms with Crippen molar-refractivity contribution < 1.29 is 9.47 Å². The van der Waals surface area contributed by atoms with Crippen LogP contribution in [-0.4, -0.2) is 11.1 Å². The largest absolute Gasteiger partial charge is 0.491 e. The van der Waals surface area contributed by atoms with Gasteiger partial charge in [0.1, 0.15) is 12.4 Å². The Morgan fingerprint density at radius 3 is 2.50 bits per heavy atom. The van der Waals surface area contributed by atoms with Crippen molar-refractivity contribution in [2.75, 3.05) is 0 Å². The van der Waals surface area contributed by atoms with E-state index in [1.807, 2.05) is 74.5 Å². The van der Waals surface area contributed by atoms with Crippen LogP contribution in [0.2, 0.25) is 0 Å². The summed E-state index contributed by atoms with van der Waals surface area (Å²) in [5.74, 6) is 4.09. The lowest BCUT2D eigenvalue weighted by Gasteiger charge is -2.13. The molecule has 1 heterocycles. The van der Waals surface area contributed by atoms with Gasteiger partial charge in [0, 0.05) is 29.0 Å². The van der Waals surface area contributed by atoms with Gasteiger partial charge in [-0.3, -0.25) is 0 Å². The lowest BCUT2D eigenvalue weighted by Crippen LogP contribution is -2.05. The lowest BCUT2D eigenvalue weighted by molar-refractivity contribution is 0.242. The fourth-order valence-electron chi connectivity index (χ4n) is 2.59. The van der Waals surface area contributed by atoms with Gasteiger partial charge >= 0.3 is 0 Å². The SMILES string of the molecule is C#Cc1ccc(OC(C)C)cc1-c1ccc(OCc2ccccc2)nc1. The highest BCUT2D eigenvalue weighted by Gasteiger charge is 2.08. The highest BCUT2D eigenvalue weighted by Crippen LogP contribution is 2.28. The van der Waals surface area contributed by atoms with Crippen LogP contribution < -0.4 is 9.47 Å². The fourth-order valence-corrected chi connectivity index (χ4v) is 2.59. The number of rotatable bonds is 6. The van der Waals surface area contributed by atoms with Gasteiger partial charge in [-0.25, -0.2) is 4.98 Å². The summed E-state index contributed by atoms with van der Waals surface area (Å²) >= 11 is 0. The first kappa shape index (κ1) is 17.6. The number of hydrogen-bond donors (Lipinski definition) is 0. The second-order valence-corrected chi connectivity index (χ2v) is 6.18. The standard InChI is InChI=1S/C23H21NO2/c1-4-19-10-12-21(26-17(2)3)14-22(19)20-11-13-23(24-15-20)25-16-18-8-6-5-7-9-18/h1,5-15,17H,16H2,2-3H3. The fraction of sp³-hybridized carbons (Fsp3) is 0.174. The molecule has 0 aliphatic carbocycles. The zero-order chi connectivity index (χ0) is 18.4. The molecule has 3 aromatic rings. The molecule has 0 fully saturated rings. The molecule has 0 atom stereocenters. The van der Waals surface area contributed by atoms with Crippen molar-refractivity contribution in [3.63, 3.8) is 0 Å². The Labute approximate surface area is 154 Å². The molecule has 130 valence electrons. The van der Waals surface area contributed by atoms with Crippen LogP contribution in [0.5, 0.6) is 11.6 Å². The number of nitrogens with zero attached hydrogens (tertiary/aromatic N) is 1. The number of ether oxygens (including phenoxy) is 2. The molecule has 0 spiro atoms. The Hall–Kier alpha value is -3.25. The van der Waals surface area contributed by atoms with Gasteiger partial charge in [-0.1, -0.05) is 36.3 Å². The first-order valence-corrected chi connectivity index (χ1v) is 8.56. The third kappa shape index (κ3) is 4.43. The highest BCUT2D eigenvalue weighted by atomic mass is 16.5. The minimum Gasteiger partial charge on any atom is -0.491 e. The predicted molar refractivity (Wildman–Crippen MR) is 104 cm³/mol. The van der Waals surface area contributed by atoms with Gasteiger partial charge in [-0.05, 0) is 43.7 Å². The first-order valence-electron chi connectivity index (χ1n) is 8.56. The summed E-state index contributed by atoms with van der Waals surface area (Å²) in [6, 6.07) is 19.6. The molecule has 0 radical (unpaired) electrons. The van der Waals surface area contributed by atoms with Gasteiger partial charge < -0.3 is 9.47 Å². The van der Waals surface area contributed by atoms with Crippen LogP contribution in [-0.2, 0) is 6.61 Å². The van der Waals surface area contributed by atoms with E-state index in [1.165, 1.54) is 0 Å². The van der Waals surface area contributed by atoms with Gasteiger partial charge in [-0.15, -0.1) is 6.42 Å². The third-order valence-electron chi connectivity index (χ3n) is 3.80. The molecule has 1 aromatic heterocycles. The molecule has 0 saturated carbocycles. The quantitative estimate of drug-likeness (QED) is 0.584. The summed E-state index contributed by atoms with van der Waals surface area (Å²) in [6.45, 7) is 4.48. The minimum absolute atomic E-state index is 0.103. The number of benzene rings is 2. The molecular weight excluding hydrogens is 322 g/mol. The maximum Gasteiger partial charge on any atom is 0.213 e. The summed E-state index contributed by atoms with van der Waals surface area (Å²) in [7, 11) is 0. The zero-order valence-corrected chi connectivity index (χ0v) is 15.0. The van der Waals surface area contributed by atoms with E-state index in [4.69, 9.17) is 15.9 Å². The normalized spacial score (nSPS) is 10.4. The second-order valence-electron chi connectivity index (χ2n) is 6.18. The van der Waals surface area contributed by atoms with E-state index < -0.39 is 0 Å². The Bertz CT molecular complexity index is 894. The van der Waals surface area contributed by atoms with Crippen molar-refractivity contribution in [3.05, 3.63) is 78.0 Å². The summed E-state index contributed by atoms with van der Waals surface area (Å²) in [6.07, 6.45) is 7.52. The van der Waals surface area contributed by atoms with E-state index in [0.29, 0.717) is 12.5 Å². The van der Waals surface area contributed by atoms with E-state index >= 15 is 0 Å². The van der Waals surface area contributed by atoms with Crippen LogP contribution in [0.15, 0.2) is 66.9 Å². The molecule has 0 bridgehead atoms. The van der Waals surface area contributed by atoms with Crippen molar-refractivity contribution in [2.45, 2.75) is 26.6 Å². The Morgan fingerprint density at radius 2 is 1.85 bits per heavy atom. The van der Waals surface area contributed by atoms with Crippen molar-refractivity contribution in [1.82, 2.24) is 4.98 Å². The molecule has 3 heteroatoms. The van der Waals surface area contributed by atoms with Gasteiger partial charge in [0.25, 0.3) is 0 Å². The predicted octanol–water partition coefficient (Wildman–Crippen LogP) is 5.10. The van der Waals surface area contributed by atoms with E-state index in [9.17, 15) is 0 Å². The molecule has 2 aromatic carbocycles. The molecule has 0 aliphatic rings. The lowest BCUT2D eigenvalue weighted by atomic mass is 10.0. The monoisotopic (exact) mass is 343 g/mol. The van der Waals surface area contributed by atoms with Gasteiger partial charge in [0.15, 0.2) is 0 Å². The van der Waals surface area contributed by atoms with Crippen LogP contribution in [0.25, 0.3) is 11.1 Å². The van der Waals surface area contributed by atoms with Crippen LogP contribution in [0, 0.1) is 12.3 Å². The Kier molecular flexibility index (Phi) is 5.56. The summed E-state index contributed by atoms with van der Waals surface area (Å²) in [4.78, 5) is 4.40. The molecule has 3 rings (SSSR count). The van der Waals surface area contributed by atoms with Gasteiger partial charge in [0.05, 0.1) is 6.10 Å². The molecule has 0 unspecified atom stereocenters. The Morgan fingerprint density at radius 1 is 1.04 bits per heavy atom. The van der Waals surface area contributed by atoms with Crippen LogP contribution >= 0.6 is 0 Å². The molecular formula is C23H21NO2. The van der Waals surface area contributed by atoms with Gasteiger partial charge in [0.2, 0.25) is 5.88 Å². The topological polar surface area (TPSA) is 31.4 Å². The smallest absolute Gasteiger partial charge is 0.213 e. The van der Waals surface area contributed by atoms with Crippen LogP contribution in [0.1, 0.15) is 25.0 Å². The molecule has 26 heavy (non-hydrogen) atoms. The van der Waals surface area contributed by atoms with Crippen molar-refractivity contribution in [2.24, 2.45) is 0 Å².